The van der Waals surface area contributed by atoms with Gasteiger partial charge in [0.25, 0.3) is 0 Å². The molecule has 2 fully saturated rings. The van der Waals surface area contributed by atoms with Crippen LogP contribution in [0.1, 0.15) is 66.2 Å². The highest BCUT2D eigenvalue weighted by Crippen LogP contribution is 2.25. The van der Waals surface area contributed by atoms with E-state index in [2.05, 4.69) is 33.0 Å². The zero-order chi connectivity index (χ0) is 21.6. The number of amides is 3. The van der Waals surface area contributed by atoms with E-state index in [1.165, 1.54) is 0 Å². The van der Waals surface area contributed by atoms with Crippen LogP contribution in [0.3, 0.4) is 0 Å². The van der Waals surface area contributed by atoms with Crippen LogP contribution >= 0.6 is 0 Å². The van der Waals surface area contributed by atoms with Crippen molar-refractivity contribution < 1.29 is 14.4 Å². The SMILES string of the molecule is CC(C)C[C@@H]1NCCN([C@@H](CC(C)C)C(=O)N2CCC(CCC(N)=O)CC2)C1=O. The topological polar surface area (TPSA) is 95.7 Å². The van der Waals surface area contributed by atoms with Crippen LogP contribution in [0.2, 0.25) is 0 Å². The first kappa shape index (κ1) is 23.6. The van der Waals surface area contributed by atoms with Gasteiger partial charge >= 0.3 is 0 Å². The van der Waals surface area contributed by atoms with Gasteiger partial charge in [-0.25, -0.2) is 0 Å². The predicted molar refractivity (Wildman–Crippen MR) is 114 cm³/mol. The molecule has 29 heavy (non-hydrogen) atoms. The highest BCUT2D eigenvalue weighted by Gasteiger charge is 2.39. The number of hydrogen-bond donors (Lipinski definition) is 2. The van der Waals surface area contributed by atoms with E-state index in [0.717, 1.165) is 32.2 Å². The average Bonchev–Trinajstić information content (AvgIpc) is 2.66. The van der Waals surface area contributed by atoms with Gasteiger partial charge < -0.3 is 20.9 Å². The van der Waals surface area contributed by atoms with Crippen molar-refractivity contribution in [2.45, 2.75) is 78.3 Å². The molecule has 0 unspecified atom stereocenters. The second-order valence-electron chi connectivity index (χ2n) is 9.59. The summed E-state index contributed by atoms with van der Waals surface area (Å²) in [6, 6.07) is -0.563. The molecule has 3 amide bonds. The van der Waals surface area contributed by atoms with Gasteiger partial charge in [0.2, 0.25) is 17.7 Å². The van der Waals surface area contributed by atoms with Gasteiger partial charge in [-0.15, -0.1) is 0 Å². The number of nitrogens with one attached hydrogen (secondary N) is 1. The Bertz CT molecular complexity index is 570. The molecule has 2 rings (SSSR count). The molecule has 2 aliphatic rings. The van der Waals surface area contributed by atoms with E-state index in [1.54, 1.807) is 0 Å². The van der Waals surface area contributed by atoms with E-state index in [4.69, 9.17) is 5.73 Å². The molecule has 0 aromatic heterocycles. The van der Waals surface area contributed by atoms with Crippen LogP contribution < -0.4 is 11.1 Å². The number of carbonyl (C=O) groups excluding carboxylic acids is 3. The van der Waals surface area contributed by atoms with E-state index < -0.39 is 0 Å². The molecular weight excluding hydrogens is 368 g/mol. The van der Waals surface area contributed by atoms with Gasteiger partial charge in [-0.2, -0.15) is 0 Å². The van der Waals surface area contributed by atoms with E-state index in [-0.39, 0.29) is 29.8 Å². The zero-order valence-corrected chi connectivity index (χ0v) is 18.7. The number of primary amides is 1. The first-order valence-electron chi connectivity index (χ1n) is 11.3. The van der Waals surface area contributed by atoms with Crippen LogP contribution in [-0.2, 0) is 14.4 Å². The summed E-state index contributed by atoms with van der Waals surface area (Å²) in [6.07, 6.45) is 4.52. The zero-order valence-electron chi connectivity index (χ0n) is 18.7. The molecule has 2 atom stereocenters. The highest BCUT2D eigenvalue weighted by molar-refractivity contribution is 5.90. The molecule has 0 radical (unpaired) electrons. The summed E-state index contributed by atoms with van der Waals surface area (Å²) in [7, 11) is 0. The Morgan fingerprint density at radius 1 is 1.10 bits per heavy atom. The lowest BCUT2D eigenvalue weighted by Gasteiger charge is -2.42. The minimum atomic E-state index is -0.374. The van der Waals surface area contributed by atoms with Gasteiger partial charge in [0.05, 0.1) is 6.04 Å². The molecular formula is C22H40N4O3. The van der Waals surface area contributed by atoms with Gasteiger partial charge in [0, 0.05) is 32.6 Å². The number of piperidine rings is 1. The number of rotatable bonds is 9. The quantitative estimate of drug-likeness (QED) is 0.607. The van der Waals surface area contributed by atoms with Gasteiger partial charge in [-0.1, -0.05) is 27.7 Å². The van der Waals surface area contributed by atoms with Gasteiger partial charge in [-0.05, 0) is 49.9 Å². The first-order valence-corrected chi connectivity index (χ1v) is 11.3. The summed E-state index contributed by atoms with van der Waals surface area (Å²) in [5.74, 6) is 1.12. The van der Waals surface area contributed by atoms with Crippen molar-refractivity contribution >= 4 is 17.7 Å². The molecule has 166 valence electrons. The second-order valence-corrected chi connectivity index (χ2v) is 9.59. The molecule has 2 saturated heterocycles. The normalized spacial score (nSPS) is 22.4. The Labute approximate surface area is 175 Å². The predicted octanol–water partition coefficient (Wildman–Crippen LogP) is 1.75. The Kier molecular flexibility index (Phi) is 8.93. The first-order chi connectivity index (χ1) is 13.7. The largest absolute Gasteiger partial charge is 0.370 e. The van der Waals surface area contributed by atoms with Gasteiger partial charge in [0.15, 0.2) is 0 Å². The Morgan fingerprint density at radius 3 is 2.31 bits per heavy atom. The van der Waals surface area contributed by atoms with Crippen molar-refractivity contribution in [3.8, 4) is 0 Å². The number of carbonyl (C=O) groups is 3. The molecule has 0 aromatic rings. The number of likely N-dealkylation sites (tertiary alicyclic amines) is 1. The maximum atomic E-state index is 13.4. The maximum Gasteiger partial charge on any atom is 0.245 e. The van der Waals surface area contributed by atoms with Crippen molar-refractivity contribution in [1.82, 2.24) is 15.1 Å². The Morgan fingerprint density at radius 2 is 1.76 bits per heavy atom. The minimum absolute atomic E-state index is 0.0697. The molecule has 0 aliphatic carbocycles. The van der Waals surface area contributed by atoms with E-state index in [9.17, 15) is 14.4 Å². The van der Waals surface area contributed by atoms with E-state index in [1.807, 2.05) is 9.80 Å². The second kappa shape index (κ2) is 11.0. The van der Waals surface area contributed by atoms with E-state index >= 15 is 0 Å². The Hall–Kier alpha value is -1.63. The van der Waals surface area contributed by atoms with Crippen LogP contribution in [0, 0.1) is 17.8 Å². The number of nitrogens with two attached hydrogens (primary N) is 1. The lowest BCUT2D eigenvalue weighted by atomic mass is 9.91. The monoisotopic (exact) mass is 408 g/mol. The number of piperazine rings is 1. The fourth-order valence-corrected chi connectivity index (χ4v) is 4.53. The molecule has 3 N–H and O–H groups in total. The maximum absolute atomic E-state index is 13.4. The van der Waals surface area contributed by atoms with E-state index in [0.29, 0.717) is 50.2 Å². The molecule has 0 aromatic carbocycles. The van der Waals surface area contributed by atoms with Crippen molar-refractivity contribution in [3.05, 3.63) is 0 Å². The molecule has 7 heteroatoms. The standard InChI is InChI=1S/C22H40N4O3/c1-15(2)13-18-21(28)26(12-9-24-18)19(14-16(3)4)22(29)25-10-7-17(8-11-25)5-6-20(23)27/h15-19,24H,5-14H2,1-4H3,(H2,23,27)/t18-,19-/m0/s1. The molecule has 2 heterocycles. The molecule has 2 aliphatic heterocycles. The summed E-state index contributed by atoms with van der Waals surface area (Å²) in [5, 5.41) is 3.33. The third-order valence-electron chi connectivity index (χ3n) is 6.11. The summed E-state index contributed by atoms with van der Waals surface area (Å²) in [6.45, 7) is 11.2. The number of nitrogens with zero attached hydrogens (tertiary/aromatic N) is 2. The van der Waals surface area contributed by atoms with Crippen LogP contribution in [0.25, 0.3) is 0 Å². The van der Waals surface area contributed by atoms with Crippen molar-refractivity contribution in [2.75, 3.05) is 26.2 Å². The van der Waals surface area contributed by atoms with Crippen molar-refractivity contribution in [2.24, 2.45) is 23.5 Å². The third kappa shape index (κ3) is 6.98. The molecule has 0 bridgehead atoms. The van der Waals surface area contributed by atoms with Crippen molar-refractivity contribution in [1.29, 1.82) is 0 Å². The van der Waals surface area contributed by atoms with Crippen LogP contribution in [-0.4, -0.2) is 65.8 Å². The number of hydrogen-bond acceptors (Lipinski definition) is 4. The average molecular weight is 409 g/mol. The summed E-state index contributed by atoms with van der Waals surface area (Å²) < 4.78 is 0. The van der Waals surface area contributed by atoms with Crippen molar-refractivity contribution in [3.63, 3.8) is 0 Å². The molecule has 0 spiro atoms. The minimum Gasteiger partial charge on any atom is -0.370 e. The lowest BCUT2D eigenvalue weighted by molar-refractivity contribution is -0.150. The third-order valence-corrected chi connectivity index (χ3v) is 6.11. The summed E-state index contributed by atoms with van der Waals surface area (Å²) >= 11 is 0. The summed E-state index contributed by atoms with van der Waals surface area (Å²) in [4.78, 5) is 41.3. The highest BCUT2D eigenvalue weighted by atomic mass is 16.2. The summed E-state index contributed by atoms with van der Waals surface area (Å²) in [5.41, 5.74) is 5.26. The van der Waals surface area contributed by atoms with Gasteiger partial charge in [0.1, 0.15) is 6.04 Å². The van der Waals surface area contributed by atoms with Crippen LogP contribution in [0.15, 0.2) is 0 Å². The fourth-order valence-electron chi connectivity index (χ4n) is 4.53. The smallest absolute Gasteiger partial charge is 0.245 e. The van der Waals surface area contributed by atoms with Crippen LogP contribution in [0.4, 0.5) is 0 Å². The molecule has 7 nitrogen and oxygen atoms in total. The Balaban J connectivity index is 2.03. The van der Waals surface area contributed by atoms with Gasteiger partial charge in [-0.3, -0.25) is 14.4 Å². The molecule has 0 saturated carbocycles. The fraction of sp³-hybridized carbons (Fsp3) is 0.864. The van der Waals surface area contributed by atoms with Crippen LogP contribution in [0.5, 0.6) is 0 Å². The lowest BCUT2D eigenvalue weighted by Crippen LogP contribution is -2.62.